The van der Waals surface area contributed by atoms with Crippen molar-refractivity contribution in [3.8, 4) is 0 Å². The molecule has 1 rings (SSSR count). The standard InChI is InChI=1S/C9H12ClNO2S.ClH/c10-9-4-2-1-3-8(9)7-14(12,13)6-5-11;/h1-4H,5-7,11H2;1H. The van der Waals surface area contributed by atoms with Gasteiger partial charge in [0.05, 0.1) is 11.5 Å². The number of benzene rings is 1. The Morgan fingerprint density at radius 2 is 1.87 bits per heavy atom. The number of halogens is 2. The molecule has 1 aromatic carbocycles. The average molecular weight is 270 g/mol. The predicted octanol–water partition coefficient (Wildman–Crippen LogP) is 1.64. The lowest BCUT2D eigenvalue weighted by Gasteiger charge is -2.04. The molecule has 6 heteroatoms. The summed E-state index contributed by atoms with van der Waals surface area (Å²) in [6.07, 6.45) is 0. The third-order valence-electron chi connectivity index (χ3n) is 1.76. The van der Waals surface area contributed by atoms with Gasteiger partial charge in [-0.25, -0.2) is 8.42 Å². The third kappa shape index (κ3) is 4.84. The normalized spacial score (nSPS) is 10.8. The molecule has 0 aliphatic heterocycles. The zero-order valence-corrected chi connectivity index (χ0v) is 10.4. The van der Waals surface area contributed by atoms with Gasteiger partial charge >= 0.3 is 0 Å². The summed E-state index contributed by atoms with van der Waals surface area (Å²) in [7, 11) is -3.12. The molecule has 0 radical (unpaired) electrons. The van der Waals surface area contributed by atoms with Crippen LogP contribution in [0.2, 0.25) is 5.02 Å². The van der Waals surface area contributed by atoms with Gasteiger partial charge in [-0.3, -0.25) is 0 Å². The summed E-state index contributed by atoms with van der Waals surface area (Å²) >= 11 is 5.83. The van der Waals surface area contributed by atoms with Crippen molar-refractivity contribution in [2.45, 2.75) is 5.75 Å². The van der Waals surface area contributed by atoms with Crippen LogP contribution >= 0.6 is 24.0 Å². The van der Waals surface area contributed by atoms with Gasteiger partial charge in [0.15, 0.2) is 9.84 Å². The van der Waals surface area contributed by atoms with Crippen molar-refractivity contribution < 1.29 is 8.42 Å². The van der Waals surface area contributed by atoms with Crippen molar-refractivity contribution in [3.05, 3.63) is 34.9 Å². The van der Waals surface area contributed by atoms with E-state index >= 15 is 0 Å². The SMILES string of the molecule is Cl.NCCS(=O)(=O)Cc1ccccc1Cl. The second-order valence-electron chi connectivity index (χ2n) is 2.97. The van der Waals surface area contributed by atoms with E-state index in [9.17, 15) is 8.42 Å². The van der Waals surface area contributed by atoms with Gasteiger partial charge in [-0.1, -0.05) is 29.8 Å². The maximum absolute atomic E-state index is 11.4. The Morgan fingerprint density at radius 3 is 2.40 bits per heavy atom. The van der Waals surface area contributed by atoms with Crippen LogP contribution in [-0.4, -0.2) is 20.7 Å². The smallest absolute Gasteiger partial charge is 0.155 e. The van der Waals surface area contributed by atoms with Crippen molar-refractivity contribution in [3.63, 3.8) is 0 Å². The molecule has 86 valence electrons. The summed E-state index contributed by atoms with van der Waals surface area (Å²) in [5.74, 6) is -0.0396. The van der Waals surface area contributed by atoms with Crippen LogP contribution < -0.4 is 5.73 Å². The van der Waals surface area contributed by atoms with E-state index in [2.05, 4.69) is 0 Å². The molecule has 2 N–H and O–H groups in total. The van der Waals surface area contributed by atoms with Crippen molar-refractivity contribution in [1.29, 1.82) is 0 Å². The molecule has 0 saturated heterocycles. The lowest BCUT2D eigenvalue weighted by atomic mass is 10.2. The van der Waals surface area contributed by atoms with Gasteiger partial charge in [0.1, 0.15) is 0 Å². The predicted molar refractivity (Wildman–Crippen MR) is 65.2 cm³/mol. The Balaban J connectivity index is 0.00000196. The van der Waals surface area contributed by atoms with Crippen LogP contribution in [0.5, 0.6) is 0 Å². The largest absolute Gasteiger partial charge is 0.329 e. The topological polar surface area (TPSA) is 60.2 Å². The van der Waals surface area contributed by atoms with Crippen LogP contribution in [0.15, 0.2) is 24.3 Å². The molecule has 0 aliphatic rings. The first-order chi connectivity index (χ1) is 6.55. The molecule has 1 aromatic rings. The highest BCUT2D eigenvalue weighted by Crippen LogP contribution is 2.17. The van der Waals surface area contributed by atoms with E-state index in [-0.39, 0.29) is 30.5 Å². The Kier molecular flexibility index (Phi) is 6.20. The molecule has 0 aromatic heterocycles. The summed E-state index contributed by atoms with van der Waals surface area (Å²) in [4.78, 5) is 0. The van der Waals surface area contributed by atoms with E-state index in [1.165, 1.54) is 0 Å². The van der Waals surface area contributed by atoms with Gasteiger partial charge < -0.3 is 5.73 Å². The molecule has 0 heterocycles. The minimum absolute atomic E-state index is 0. The Hall–Kier alpha value is -0.290. The maximum Gasteiger partial charge on any atom is 0.155 e. The van der Waals surface area contributed by atoms with E-state index in [0.717, 1.165) is 0 Å². The molecule has 0 aliphatic carbocycles. The Bertz CT molecular complexity index is 406. The molecule has 15 heavy (non-hydrogen) atoms. The number of sulfone groups is 1. The molecule has 0 atom stereocenters. The molecular formula is C9H13Cl2NO2S. The molecule has 0 saturated carbocycles. The van der Waals surface area contributed by atoms with Crippen molar-refractivity contribution >= 4 is 33.8 Å². The van der Waals surface area contributed by atoms with Gasteiger partial charge in [-0.2, -0.15) is 0 Å². The lowest BCUT2D eigenvalue weighted by molar-refractivity contribution is 0.595. The lowest BCUT2D eigenvalue weighted by Crippen LogP contribution is -2.17. The summed E-state index contributed by atoms with van der Waals surface area (Å²) in [6, 6.07) is 6.91. The number of rotatable bonds is 4. The Morgan fingerprint density at radius 1 is 1.27 bits per heavy atom. The number of hydrogen-bond donors (Lipinski definition) is 1. The quantitative estimate of drug-likeness (QED) is 0.904. The first-order valence-corrected chi connectivity index (χ1v) is 6.39. The minimum Gasteiger partial charge on any atom is -0.329 e. The average Bonchev–Trinajstić information content (AvgIpc) is 2.08. The molecule has 0 unspecified atom stereocenters. The van der Waals surface area contributed by atoms with Crippen LogP contribution in [-0.2, 0) is 15.6 Å². The number of hydrogen-bond acceptors (Lipinski definition) is 3. The summed E-state index contributed by atoms with van der Waals surface area (Å²) in [5, 5.41) is 0.480. The van der Waals surface area contributed by atoms with Crippen LogP contribution in [0.25, 0.3) is 0 Å². The van der Waals surface area contributed by atoms with Gasteiger partial charge in [0, 0.05) is 11.6 Å². The van der Waals surface area contributed by atoms with Crippen LogP contribution in [0.4, 0.5) is 0 Å². The van der Waals surface area contributed by atoms with Crippen LogP contribution in [0.3, 0.4) is 0 Å². The maximum atomic E-state index is 11.4. The highest BCUT2D eigenvalue weighted by Gasteiger charge is 2.12. The molecular weight excluding hydrogens is 257 g/mol. The fourth-order valence-electron chi connectivity index (χ4n) is 1.10. The van der Waals surface area contributed by atoms with Crippen molar-refractivity contribution in [2.24, 2.45) is 5.73 Å². The zero-order chi connectivity index (χ0) is 10.6. The molecule has 0 bridgehead atoms. The van der Waals surface area contributed by atoms with Gasteiger partial charge in [0.2, 0.25) is 0 Å². The van der Waals surface area contributed by atoms with Gasteiger partial charge in [-0.15, -0.1) is 12.4 Å². The summed E-state index contributed by atoms with van der Waals surface area (Å²) in [6.45, 7) is 0.146. The van der Waals surface area contributed by atoms with Crippen LogP contribution in [0.1, 0.15) is 5.56 Å². The molecule has 3 nitrogen and oxygen atoms in total. The second-order valence-corrected chi connectivity index (χ2v) is 5.56. The summed E-state index contributed by atoms with van der Waals surface area (Å²) < 4.78 is 22.8. The fraction of sp³-hybridized carbons (Fsp3) is 0.333. The van der Waals surface area contributed by atoms with Crippen LogP contribution in [0, 0.1) is 0 Å². The minimum atomic E-state index is -3.12. The first kappa shape index (κ1) is 14.7. The van der Waals surface area contributed by atoms with E-state index in [1.807, 2.05) is 0 Å². The summed E-state index contributed by atoms with van der Waals surface area (Å²) in [5.41, 5.74) is 5.82. The highest BCUT2D eigenvalue weighted by molar-refractivity contribution is 7.90. The molecule has 0 amide bonds. The second kappa shape index (κ2) is 6.33. The third-order valence-corrected chi connectivity index (χ3v) is 3.74. The molecule has 0 fully saturated rings. The van der Waals surface area contributed by atoms with E-state index < -0.39 is 9.84 Å². The monoisotopic (exact) mass is 269 g/mol. The fourth-order valence-corrected chi connectivity index (χ4v) is 2.61. The highest BCUT2D eigenvalue weighted by atomic mass is 35.5. The van der Waals surface area contributed by atoms with Gasteiger partial charge in [-0.05, 0) is 11.6 Å². The van der Waals surface area contributed by atoms with Gasteiger partial charge in [0.25, 0.3) is 0 Å². The van der Waals surface area contributed by atoms with E-state index in [1.54, 1.807) is 24.3 Å². The van der Waals surface area contributed by atoms with Crippen molar-refractivity contribution in [2.75, 3.05) is 12.3 Å². The zero-order valence-electron chi connectivity index (χ0n) is 8.02. The first-order valence-electron chi connectivity index (χ1n) is 4.19. The van der Waals surface area contributed by atoms with E-state index in [0.29, 0.717) is 10.6 Å². The Labute approximate surface area is 101 Å². The number of nitrogens with two attached hydrogens (primary N) is 1. The molecule has 0 spiro atoms. The van der Waals surface area contributed by atoms with E-state index in [4.69, 9.17) is 17.3 Å². The van der Waals surface area contributed by atoms with Crippen molar-refractivity contribution in [1.82, 2.24) is 0 Å².